The van der Waals surface area contributed by atoms with Crippen LogP contribution in [0.5, 0.6) is 0 Å². The highest BCUT2D eigenvalue weighted by Crippen LogP contribution is 2.24. The summed E-state index contributed by atoms with van der Waals surface area (Å²) >= 11 is 1.42. The van der Waals surface area contributed by atoms with Gasteiger partial charge >= 0.3 is 0 Å². The second kappa shape index (κ2) is 7.23. The van der Waals surface area contributed by atoms with Crippen LogP contribution in [0.15, 0.2) is 36.5 Å². The number of aryl methyl sites for hydroxylation is 1. The third-order valence-electron chi connectivity index (χ3n) is 4.07. The summed E-state index contributed by atoms with van der Waals surface area (Å²) in [7, 11) is 0. The number of nitrogens with two attached hydrogens (primary N) is 1. The first-order valence-corrected chi connectivity index (χ1v) is 8.75. The van der Waals surface area contributed by atoms with Gasteiger partial charge in [-0.1, -0.05) is 24.3 Å². The van der Waals surface area contributed by atoms with E-state index < -0.39 is 0 Å². The molecule has 24 heavy (non-hydrogen) atoms. The van der Waals surface area contributed by atoms with Gasteiger partial charge in [-0.2, -0.15) is 0 Å². The predicted molar refractivity (Wildman–Crippen MR) is 94.5 cm³/mol. The van der Waals surface area contributed by atoms with Gasteiger partial charge in [-0.05, 0) is 36.5 Å². The highest BCUT2D eigenvalue weighted by molar-refractivity contribution is 7.15. The fourth-order valence-corrected chi connectivity index (χ4v) is 3.62. The molecule has 0 unspecified atom stereocenters. The van der Waals surface area contributed by atoms with E-state index >= 15 is 0 Å². The molecule has 1 aromatic heterocycles. The van der Waals surface area contributed by atoms with Gasteiger partial charge in [0, 0.05) is 30.0 Å². The second-order valence-corrected chi connectivity index (χ2v) is 7.30. The van der Waals surface area contributed by atoms with E-state index in [9.17, 15) is 9.18 Å². The zero-order valence-electron chi connectivity index (χ0n) is 13.5. The van der Waals surface area contributed by atoms with E-state index in [1.807, 2.05) is 18.2 Å². The van der Waals surface area contributed by atoms with Crippen molar-refractivity contribution in [2.24, 2.45) is 11.7 Å². The lowest BCUT2D eigenvalue weighted by Crippen LogP contribution is -2.19. The molecular formula is C18H20FN3OS. The number of carbonyl (C=O) groups excluding carboxylic acids is 1. The molecule has 1 aromatic carbocycles. The summed E-state index contributed by atoms with van der Waals surface area (Å²) in [5.41, 5.74) is 7.32. The highest BCUT2D eigenvalue weighted by Gasteiger charge is 2.19. The maximum Gasteiger partial charge on any atom is 0.226 e. The third kappa shape index (κ3) is 4.27. The molecule has 2 atom stereocenters. The van der Waals surface area contributed by atoms with Crippen LogP contribution in [0, 0.1) is 18.7 Å². The van der Waals surface area contributed by atoms with E-state index in [1.165, 1.54) is 11.3 Å². The van der Waals surface area contributed by atoms with Crippen LogP contribution in [-0.2, 0) is 11.2 Å². The van der Waals surface area contributed by atoms with Gasteiger partial charge in [0.2, 0.25) is 5.91 Å². The number of hydrogen-bond donors (Lipinski definition) is 2. The van der Waals surface area contributed by atoms with Gasteiger partial charge in [-0.25, -0.2) is 9.37 Å². The molecule has 0 bridgehead atoms. The minimum absolute atomic E-state index is 0.0546. The molecule has 3 N–H and O–H groups in total. The first kappa shape index (κ1) is 16.8. The summed E-state index contributed by atoms with van der Waals surface area (Å²) in [5.74, 6) is -0.0515. The Morgan fingerprint density at radius 2 is 2.29 bits per heavy atom. The van der Waals surface area contributed by atoms with Gasteiger partial charge < -0.3 is 11.1 Å². The van der Waals surface area contributed by atoms with Crippen molar-refractivity contribution >= 4 is 22.4 Å². The van der Waals surface area contributed by atoms with E-state index in [-0.39, 0.29) is 23.7 Å². The van der Waals surface area contributed by atoms with Gasteiger partial charge in [0.1, 0.15) is 5.82 Å². The number of carbonyl (C=O) groups is 1. The van der Waals surface area contributed by atoms with Crippen molar-refractivity contribution < 1.29 is 9.18 Å². The van der Waals surface area contributed by atoms with Gasteiger partial charge in [-0.15, -0.1) is 11.3 Å². The van der Waals surface area contributed by atoms with Gasteiger partial charge in [0.25, 0.3) is 0 Å². The zero-order valence-corrected chi connectivity index (χ0v) is 14.3. The largest absolute Gasteiger partial charge is 0.324 e. The summed E-state index contributed by atoms with van der Waals surface area (Å²) in [4.78, 5) is 17.3. The van der Waals surface area contributed by atoms with Gasteiger partial charge in [0.15, 0.2) is 5.13 Å². The summed E-state index contributed by atoms with van der Waals surface area (Å²) in [6, 6.07) is 5.28. The van der Waals surface area contributed by atoms with E-state index in [0.717, 1.165) is 16.9 Å². The standard InChI is InChI=1S/C18H20FN3OS/c1-11-2-3-13(8-16(11)19)7-15-10-21-18(24-15)22-17(23)9-12-4-5-14(20)6-12/h2-5,8,10,12,14H,6-7,9,20H2,1H3,(H,21,22,23)/t12-,14+/m1/s1. The molecule has 0 saturated heterocycles. The van der Waals surface area contributed by atoms with Crippen molar-refractivity contribution in [2.75, 3.05) is 5.32 Å². The minimum atomic E-state index is -0.201. The Balaban J connectivity index is 1.56. The molecule has 2 aromatic rings. The molecule has 126 valence electrons. The lowest BCUT2D eigenvalue weighted by atomic mass is 10.0. The first-order chi connectivity index (χ1) is 11.5. The number of anilines is 1. The van der Waals surface area contributed by atoms with Crippen LogP contribution >= 0.6 is 11.3 Å². The summed E-state index contributed by atoms with van der Waals surface area (Å²) in [6.45, 7) is 1.74. The molecule has 0 spiro atoms. The number of hydrogen-bond acceptors (Lipinski definition) is 4. The minimum Gasteiger partial charge on any atom is -0.324 e. The average Bonchev–Trinajstić information content (AvgIpc) is 3.12. The Morgan fingerprint density at radius 3 is 3.00 bits per heavy atom. The number of rotatable bonds is 5. The highest BCUT2D eigenvalue weighted by atomic mass is 32.1. The monoisotopic (exact) mass is 345 g/mol. The smallest absolute Gasteiger partial charge is 0.226 e. The van der Waals surface area contributed by atoms with E-state index in [1.54, 1.807) is 25.3 Å². The normalized spacial score (nSPS) is 19.6. The Hall–Kier alpha value is -2.05. The van der Waals surface area contributed by atoms with Crippen molar-refractivity contribution in [1.82, 2.24) is 4.98 Å². The molecule has 1 aliphatic rings. The predicted octanol–water partition coefficient (Wildman–Crippen LogP) is 3.41. The number of halogens is 1. The van der Waals surface area contributed by atoms with E-state index in [0.29, 0.717) is 23.5 Å². The SMILES string of the molecule is Cc1ccc(Cc2cnc(NC(=O)C[C@@H]3C=C[C@H](N)C3)s2)cc1F. The van der Waals surface area contributed by atoms with E-state index in [4.69, 9.17) is 5.73 Å². The van der Waals surface area contributed by atoms with Crippen LogP contribution in [0.2, 0.25) is 0 Å². The lowest BCUT2D eigenvalue weighted by molar-refractivity contribution is -0.116. The van der Waals surface area contributed by atoms with Crippen LogP contribution in [0.25, 0.3) is 0 Å². The van der Waals surface area contributed by atoms with Crippen molar-refractivity contribution in [2.45, 2.75) is 32.2 Å². The van der Waals surface area contributed by atoms with Crippen molar-refractivity contribution in [3.05, 3.63) is 58.4 Å². The summed E-state index contributed by atoms with van der Waals surface area (Å²) in [6.07, 6.45) is 7.51. The van der Waals surface area contributed by atoms with Crippen LogP contribution in [-0.4, -0.2) is 16.9 Å². The summed E-state index contributed by atoms with van der Waals surface area (Å²) in [5, 5.41) is 3.41. The number of nitrogens with zero attached hydrogens (tertiary/aromatic N) is 1. The maximum absolute atomic E-state index is 13.6. The van der Waals surface area contributed by atoms with Gasteiger partial charge in [0.05, 0.1) is 0 Å². The molecule has 0 radical (unpaired) electrons. The van der Waals surface area contributed by atoms with Gasteiger partial charge in [-0.3, -0.25) is 4.79 Å². The lowest BCUT2D eigenvalue weighted by Gasteiger charge is -2.08. The number of aromatic nitrogens is 1. The number of nitrogens with one attached hydrogen (secondary N) is 1. The Kier molecular flexibility index (Phi) is 5.06. The molecule has 4 nitrogen and oxygen atoms in total. The molecule has 1 heterocycles. The van der Waals surface area contributed by atoms with Crippen molar-refractivity contribution in [3.63, 3.8) is 0 Å². The fourth-order valence-electron chi connectivity index (χ4n) is 2.76. The van der Waals surface area contributed by atoms with Crippen LogP contribution < -0.4 is 11.1 Å². The second-order valence-electron chi connectivity index (χ2n) is 6.19. The quantitative estimate of drug-likeness (QED) is 0.816. The number of benzene rings is 1. The zero-order chi connectivity index (χ0) is 17.1. The molecule has 0 saturated carbocycles. The topological polar surface area (TPSA) is 68.0 Å². The Morgan fingerprint density at radius 1 is 1.46 bits per heavy atom. The molecule has 3 rings (SSSR count). The number of thiazole rings is 1. The molecule has 0 aliphatic heterocycles. The Labute approximate surface area is 144 Å². The third-order valence-corrected chi connectivity index (χ3v) is 4.98. The van der Waals surface area contributed by atoms with Crippen LogP contribution in [0.4, 0.5) is 9.52 Å². The van der Waals surface area contributed by atoms with Crippen LogP contribution in [0.1, 0.15) is 28.8 Å². The Bertz CT molecular complexity index is 771. The molecule has 1 aliphatic carbocycles. The van der Waals surface area contributed by atoms with Crippen molar-refractivity contribution in [3.8, 4) is 0 Å². The first-order valence-electron chi connectivity index (χ1n) is 7.93. The summed E-state index contributed by atoms with van der Waals surface area (Å²) < 4.78 is 13.6. The molecule has 6 heteroatoms. The number of amides is 1. The maximum atomic E-state index is 13.6. The van der Waals surface area contributed by atoms with Crippen LogP contribution in [0.3, 0.4) is 0 Å². The number of allylic oxidation sites excluding steroid dienone is 1. The molecule has 1 amide bonds. The van der Waals surface area contributed by atoms with E-state index in [2.05, 4.69) is 10.3 Å². The van der Waals surface area contributed by atoms with Crippen molar-refractivity contribution in [1.29, 1.82) is 0 Å². The fraction of sp³-hybridized carbons (Fsp3) is 0.333. The molecular weight excluding hydrogens is 325 g/mol. The average molecular weight is 345 g/mol. The molecule has 0 fully saturated rings.